The highest BCUT2D eigenvalue weighted by atomic mass is 16.2. The lowest BCUT2D eigenvalue weighted by Gasteiger charge is -2.34. The zero-order valence-electron chi connectivity index (χ0n) is 9.04. The number of fused-ring (bicyclic) bond motifs is 1. The molecule has 0 bridgehead atoms. The minimum absolute atomic E-state index is 0.191. The largest absolute Gasteiger partial charge is 0.333 e. The minimum atomic E-state index is 0.191. The molecule has 2 heterocycles. The SMILES string of the molecule is O=C1NC2CCCC2N1C1CCNCC1. The highest BCUT2D eigenvalue weighted by Gasteiger charge is 2.44. The van der Waals surface area contributed by atoms with Crippen molar-refractivity contribution in [3.8, 4) is 0 Å². The van der Waals surface area contributed by atoms with Crippen LogP contribution in [-0.2, 0) is 0 Å². The van der Waals surface area contributed by atoms with E-state index in [-0.39, 0.29) is 6.03 Å². The van der Waals surface area contributed by atoms with E-state index >= 15 is 0 Å². The Morgan fingerprint density at radius 3 is 2.73 bits per heavy atom. The summed E-state index contributed by atoms with van der Waals surface area (Å²) in [6, 6.07) is 1.63. The number of amides is 2. The number of piperidine rings is 1. The lowest BCUT2D eigenvalue weighted by atomic mass is 10.0. The Morgan fingerprint density at radius 1 is 1.13 bits per heavy atom. The van der Waals surface area contributed by atoms with Crippen LogP contribution >= 0.6 is 0 Å². The predicted octanol–water partition coefficient (Wildman–Crippen LogP) is 0.685. The molecule has 4 heteroatoms. The summed E-state index contributed by atoms with van der Waals surface area (Å²) in [6.07, 6.45) is 5.90. The maximum Gasteiger partial charge on any atom is 0.318 e. The van der Waals surface area contributed by atoms with Crippen LogP contribution in [0, 0.1) is 0 Å². The fourth-order valence-electron chi connectivity index (χ4n) is 3.35. The second-order valence-corrected chi connectivity index (χ2v) is 4.94. The molecule has 2 saturated heterocycles. The van der Waals surface area contributed by atoms with Gasteiger partial charge in [0.2, 0.25) is 0 Å². The molecule has 0 spiro atoms. The van der Waals surface area contributed by atoms with Gasteiger partial charge in [-0.2, -0.15) is 0 Å². The Balaban J connectivity index is 1.75. The standard InChI is InChI=1S/C11H19N3O/c15-11-13-9-2-1-3-10(9)14(11)8-4-6-12-7-5-8/h8-10,12H,1-7H2,(H,13,15). The Bertz CT molecular complexity index is 263. The monoisotopic (exact) mass is 209 g/mol. The van der Waals surface area contributed by atoms with Gasteiger partial charge in [-0.1, -0.05) is 0 Å². The fourth-order valence-corrected chi connectivity index (χ4v) is 3.35. The summed E-state index contributed by atoms with van der Waals surface area (Å²) in [6.45, 7) is 2.12. The molecule has 2 aliphatic heterocycles. The van der Waals surface area contributed by atoms with Gasteiger partial charge in [0.25, 0.3) is 0 Å². The fraction of sp³-hybridized carbons (Fsp3) is 0.909. The van der Waals surface area contributed by atoms with Crippen LogP contribution in [0.2, 0.25) is 0 Å². The van der Waals surface area contributed by atoms with E-state index < -0.39 is 0 Å². The minimum Gasteiger partial charge on any atom is -0.333 e. The molecular weight excluding hydrogens is 190 g/mol. The molecule has 0 radical (unpaired) electrons. The molecule has 4 nitrogen and oxygen atoms in total. The third-order valence-electron chi connectivity index (χ3n) is 4.08. The zero-order valence-corrected chi connectivity index (χ0v) is 9.04. The summed E-state index contributed by atoms with van der Waals surface area (Å²) in [4.78, 5) is 14.0. The maximum atomic E-state index is 11.9. The van der Waals surface area contributed by atoms with Gasteiger partial charge in [-0.15, -0.1) is 0 Å². The van der Waals surface area contributed by atoms with Gasteiger partial charge in [0.1, 0.15) is 0 Å². The number of hydrogen-bond acceptors (Lipinski definition) is 2. The molecule has 3 fully saturated rings. The van der Waals surface area contributed by atoms with Gasteiger partial charge >= 0.3 is 6.03 Å². The first kappa shape index (κ1) is 9.46. The van der Waals surface area contributed by atoms with Crippen LogP contribution in [0.3, 0.4) is 0 Å². The highest BCUT2D eigenvalue weighted by Crippen LogP contribution is 2.32. The number of urea groups is 1. The summed E-state index contributed by atoms with van der Waals surface area (Å²) < 4.78 is 0. The van der Waals surface area contributed by atoms with Crippen molar-refractivity contribution in [2.24, 2.45) is 0 Å². The molecule has 3 rings (SSSR count). The number of carbonyl (C=O) groups excluding carboxylic acids is 1. The third-order valence-corrected chi connectivity index (χ3v) is 4.08. The lowest BCUT2D eigenvalue weighted by Crippen LogP contribution is -2.47. The van der Waals surface area contributed by atoms with Crippen LogP contribution in [0.5, 0.6) is 0 Å². The number of nitrogens with zero attached hydrogens (tertiary/aromatic N) is 1. The van der Waals surface area contributed by atoms with E-state index in [9.17, 15) is 4.79 Å². The molecule has 2 amide bonds. The summed E-state index contributed by atoms with van der Waals surface area (Å²) >= 11 is 0. The maximum absolute atomic E-state index is 11.9. The van der Waals surface area contributed by atoms with Gasteiger partial charge in [-0.25, -0.2) is 4.79 Å². The summed E-state index contributed by atoms with van der Waals surface area (Å²) in [5.74, 6) is 0. The molecule has 2 unspecified atom stereocenters. The van der Waals surface area contributed by atoms with Crippen molar-refractivity contribution in [2.45, 2.75) is 50.2 Å². The predicted molar refractivity (Wildman–Crippen MR) is 57.7 cm³/mol. The third kappa shape index (κ3) is 1.51. The molecule has 15 heavy (non-hydrogen) atoms. The van der Waals surface area contributed by atoms with Crippen molar-refractivity contribution in [2.75, 3.05) is 13.1 Å². The second kappa shape index (κ2) is 3.67. The van der Waals surface area contributed by atoms with Crippen molar-refractivity contribution in [3.63, 3.8) is 0 Å². The molecule has 2 atom stereocenters. The molecule has 0 aromatic rings. The quantitative estimate of drug-likeness (QED) is 0.667. The molecule has 0 aromatic heterocycles. The molecule has 1 saturated carbocycles. The van der Waals surface area contributed by atoms with E-state index in [1.807, 2.05) is 0 Å². The first-order chi connectivity index (χ1) is 7.36. The van der Waals surface area contributed by atoms with Gasteiger partial charge in [0, 0.05) is 6.04 Å². The second-order valence-electron chi connectivity index (χ2n) is 4.94. The van der Waals surface area contributed by atoms with Crippen molar-refractivity contribution >= 4 is 6.03 Å². The van der Waals surface area contributed by atoms with E-state index in [0.717, 1.165) is 25.9 Å². The molecule has 3 aliphatic rings. The van der Waals surface area contributed by atoms with Gasteiger partial charge < -0.3 is 15.5 Å². The lowest BCUT2D eigenvalue weighted by molar-refractivity contribution is 0.154. The van der Waals surface area contributed by atoms with Crippen molar-refractivity contribution < 1.29 is 4.79 Å². The van der Waals surface area contributed by atoms with Gasteiger partial charge in [0.05, 0.1) is 12.1 Å². The van der Waals surface area contributed by atoms with Crippen LogP contribution in [0.15, 0.2) is 0 Å². The zero-order chi connectivity index (χ0) is 10.3. The van der Waals surface area contributed by atoms with Crippen molar-refractivity contribution in [3.05, 3.63) is 0 Å². The van der Waals surface area contributed by atoms with Gasteiger partial charge in [-0.05, 0) is 45.2 Å². The Hall–Kier alpha value is -0.770. The molecular formula is C11H19N3O. The average molecular weight is 209 g/mol. The Labute approximate surface area is 90.4 Å². The van der Waals surface area contributed by atoms with Crippen LogP contribution in [0.1, 0.15) is 32.1 Å². The summed E-state index contributed by atoms with van der Waals surface area (Å²) in [5.41, 5.74) is 0. The Morgan fingerprint density at radius 2 is 1.93 bits per heavy atom. The number of nitrogens with one attached hydrogen (secondary N) is 2. The summed E-state index contributed by atoms with van der Waals surface area (Å²) in [5, 5.41) is 6.48. The number of carbonyl (C=O) groups is 1. The first-order valence-corrected chi connectivity index (χ1v) is 6.16. The normalized spacial score (nSPS) is 36.8. The van der Waals surface area contributed by atoms with E-state index in [1.54, 1.807) is 0 Å². The molecule has 0 aromatic carbocycles. The van der Waals surface area contributed by atoms with Crippen LogP contribution in [0.25, 0.3) is 0 Å². The number of hydrogen-bond donors (Lipinski definition) is 2. The van der Waals surface area contributed by atoms with E-state index in [4.69, 9.17) is 0 Å². The molecule has 2 N–H and O–H groups in total. The Kier molecular flexibility index (Phi) is 2.31. The van der Waals surface area contributed by atoms with Crippen molar-refractivity contribution in [1.29, 1.82) is 0 Å². The number of rotatable bonds is 1. The smallest absolute Gasteiger partial charge is 0.318 e. The van der Waals surface area contributed by atoms with Gasteiger partial charge in [-0.3, -0.25) is 0 Å². The van der Waals surface area contributed by atoms with Crippen LogP contribution in [-0.4, -0.2) is 42.1 Å². The van der Waals surface area contributed by atoms with E-state index in [2.05, 4.69) is 15.5 Å². The van der Waals surface area contributed by atoms with E-state index in [0.29, 0.717) is 18.1 Å². The summed E-state index contributed by atoms with van der Waals surface area (Å²) in [7, 11) is 0. The van der Waals surface area contributed by atoms with E-state index in [1.165, 1.54) is 19.3 Å². The molecule has 1 aliphatic carbocycles. The topological polar surface area (TPSA) is 44.4 Å². The molecule has 84 valence electrons. The first-order valence-electron chi connectivity index (χ1n) is 6.16. The van der Waals surface area contributed by atoms with Crippen LogP contribution in [0.4, 0.5) is 4.79 Å². The average Bonchev–Trinajstić information content (AvgIpc) is 2.78. The van der Waals surface area contributed by atoms with Crippen LogP contribution < -0.4 is 10.6 Å². The van der Waals surface area contributed by atoms with Gasteiger partial charge in [0.15, 0.2) is 0 Å². The highest BCUT2D eigenvalue weighted by molar-refractivity contribution is 5.78. The van der Waals surface area contributed by atoms with Crippen molar-refractivity contribution in [1.82, 2.24) is 15.5 Å².